The highest BCUT2D eigenvalue weighted by Gasteiger charge is 2.13. The summed E-state index contributed by atoms with van der Waals surface area (Å²) in [6.45, 7) is 2.11. The van der Waals surface area contributed by atoms with Crippen molar-refractivity contribution in [2.45, 2.75) is 19.8 Å². The van der Waals surface area contributed by atoms with Crippen molar-refractivity contribution in [3.63, 3.8) is 0 Å². The summed E-state index contributed by atoms with van der Waals surface area (Å²) in [5.74, 6) is 1.57. The highest BCUT2D eigenvalue weighted by molar-refractivity contribution is 9.10. The fourth-order valence-electron chi connectivity index (χ4n) is 2.06. The van der Waals surface area contributed by atoms with Gasteiger partial charge in [0.25, 0.3) is 0 Å². The molecule has 1 heterocycles. The van der Waals surface area contributed by atoms with E-state index in [-0.39, 0.29) is 0 Å². The number of aryl methyl sites for hydroxylation is 2. The van der Waals surface area contributed by atoms with Gasteiger partial charge in [-0.25, -0.2) is 0 Å². The fourth-order valence-corrected chi connectivity index (χ4v) is 2.53. The van der Waals surface area contributed by atoms with Crippen LogP contribution in [0.2, 0.25) is 0 Å². The fraction of sp³-hybridized carbons (Fsp3) is 0.357. The first-order chi connectivity index (χ1) is 9.55. The number of halogens is 1. The largest absolute Gasteiger partial charge is 0.497 e. The van der Waals surface area contributed by atoms with E-state index in [4.69, 9.17) is 10.5 Å². The molecule has 1 aromatic carbocycles. The molecule has 0 spiro atoms. The second-order valence-electron chi connectivity index (χ2n) is 4.59. The zero-order valence-electron chi connectivity index (χ0n) is 11.9. The molecule has 0 saturated carbocycles. The first-order valence-corrected chi connectivity index (χ1v) is 7.27. The average molecular weight is 339 g/mol. The Kier molecular flexibility index (Phi) is 4.54. The third-order valence-electron chi connectivity index (χ3n) is 3.02. The van der Waals surface area contributed by atoms with E-state index < -0.39 is 0 Å². The van der Waals surface area contributed by atoms with Gasteiger partial charge in [-0.15, -0.1) is 0 Å². The van der Waals surface area contributed by atoms with Gasteiger partial charge < -0.3 is 15.8 Å². The van der Waals surface area contributed by atoms with Crippen molar-refractivity contribution < 1.29 is 4.74 Å². The Balaban J connectivity index is 2.32. The monoisotopic (exact) mass is 338 g/mol. The van der Waals surface area contributed by atoms with Crippen LogP contribution in [0.1, 0.15) is 19.0 Å². The van der Waals surface area contributed by atoms with Crippen LogP contribution in [0.5, 0.6) is 5.75 Å². The van der Waals surface area contributed by atoms with Crippen LogP contribution in [0, 0.1) is 0 Å². The van der Waals surface area contributed by atoms with Crippen molar-refractivity contribution in [1.29, 1.82) is 0 Å². The predicted octanol–water partition coefficient (Wildman–Crippen LogP) is 3.47. The Morgan fingerprint density at radius 2 is 2.15 bits per heavy atom. The molecule has 0 bridgehead atoms. The van der Waals surface area contributed by atoms with Crippen molar-refractivity contribution in [3.8, 4) is 5.75 Å². The molecule has 0 aliphatic carbocycles. The van der Waals surface area contributed by atoms with Gasteiger partial charge in [-0.05, 0) is 18.6 Å². The molecule has 0 saturated heterocycles. The maximum atomic E-state index is 6.16. The van der Waals surface area contributed by atoms with Gasteiger partial charge in [0.15, 0.2) is 5.82 Å². The number of nitrogen functional groups attached to an aromatic ring is 1. The molecule has 2 rings (SSSR count). The van der Waals surface area contributed by atoms with Crippen LogP contribution in [-0.2, 0) is 13.5 Å². The lowest BCUT2D eigenvalue weighted by Gasteiger charge is -2.10. The van der Waals surface area contributed by atoms with Gasteiger partial charge in [-0.3, -0.25) is 4.68 Å². The van der Waals surface area contributed by atoms with Crippen LogP contribution in [-0.4, -0.2) is 16.9 Å². The van der Waals surface area contributed by atoms with E-state index in [0.29, 0.717) is 5.69 Å². The third-order valence-corrected chi connectivity index (χ3v) is 3.47. The maximum Gasteiger partial charge on any atom is 0.152 e. The number of hydrogen-bond donors (Lipinski definition) is 2. The minimum absolute atomic E-state index is 0.702. The average Bonchev–Trinajstić information content (AvgIpc) is 2.66. The lowest BCUT2D eigenvalue weighted by atomic mass is 10.2. The number of nitrogens with two attached hydrogens (primary N) is 1. The Morgan fingerprint density at radius 3 is 2.80 bits per heavy atom. The Hall–Kier alpha value is -1.69. The van der Waals surface area contributed by atoms with Gasteiger partial charge in [0, 0.05) is 23.3 Å². The van der Waals surface area contributed by atoms with Crippen LogP contribution in [0.25, 0.3) is 0 Å². The van der Waals surface area contributed by atoms with Crippen LogP contribution < -0.4 is 15.8 Å². The van der Waals surface area contributed by atoms with Crippen molar-refractivity contribution >= 4 is 33.1 Å². The SMILES string of the molecule is CCCc1nn(C)c(Nc2cc(Br)cc(OC)c2)c1N. The molecule has 5 nitrogen and oxygen atoms in total. The molecule has 2 aromatic rings. The lowest BCUT2D eigenvalue weighted by molar-refractivity contribution is 0.415. The maximum absolute atomic E-state index is 6.16. The highest BCUT2D eigenvalue weighted by atomic mass is 79.9. The standard InChI is InChI=1S/C14H19BrN4O/c1-4-5-12-13(16)14(19(2)18-12)17-10-6-9(15)7-11(8-10)20-3/h6-8,17H,4-5,16H2,1-3H3. The number of nitrogens with one attached hydrogen (secondary N) is 1. The first kappa shape index (κ1) is 14.7. The van der Waals surface area contributed by atoms with Gasteiger partial charge in [0.05, 0.1) is 18.5 Å². The van der Waals surface area contributed by atoms with Gasteiger partial charge in [-0.1, -0.05) is 29.3 Å². The van der Waals surface area contributed by atoms with E-state index in [1.807, 2.05) is 25.2 Å². The summed E-state index contributed by atoms with van der Waals surface area (Å²) in [5.41, 5.74) is 8.69. The summed E-state index contributed by atoms with van der Waals surface area (Å²) in [6.07, 6.45) is 1.90. The first-order valence-electron chi connectivity index (χ1n) is 6.48. The molecule has 0 aliphatic rings. The zero-order valence-corrected chi connectivity index (χ0v) is 13.5. The zero-order chi connectivity index (χ0) is 14.7. The Bertz CT molecular complexity index is 609. The summed E-state index contributed by atoms with van der Waals surface area (Å²) in [4.78, 5) is 0. The van der Waals surface area contributed by atoms with E-state index in [0.717, 1.165) is 40.3 Å². The summed E-state index contributed by atoms with van der Waals surface area (Å²) in [6, 6.07) is 5.78. The molecule has 0 atom stereocenters. The van der Waals surface area contributed by atoms with Gasteiger partial charge >= 0.3 is 0 Å². The van der Waals surface area contributed by atoms with Gasteiger partial charge in [-0.2, -0.15) is 5.10 Å². The van der Waals surface area contributed by atoms with Crippen molar-refractivity contribution in [2.75, 3.05) is 18.2 Å². The second-order valence-corrected chi connectivity index (χ2v) is 5.50. The van der Waals surface area contributed by atoms with E-state index in [9.17, 15) is 0 Å². The third kappa shape index (κ3) is 3.07. The summed E-state index contributed by atoms with van der Waals surface area (Å²) >= 11 is 3.46. The molecule has 20 heavy (non-hydrogen) atoms. The summed E-state index contributed by atoms with van der Waals surface area (Å²) < 4.78 is 7.96. The molecular weight excluding hydrogens is 320 g/mol. The van der Waals surface area contributed by atoms with Crippen LogP contribution in [0.15, 0.2) is 22.7 Å². The quantitative estimate of drug-likeness (QED) is 0.875. The van der Waals surface area contributed by atoms with E-state index in [1.165, 1.54) is 0 Å². The normalized spacial score (nSPS) is 10.6. The summed E-state index contributed by atoms with van der Waals surface area (Å²) in [7, 11) is 3.52. The van der Waals surface area contributed by atoms with E-state index in [1.54, 1.807) is 11.8 Å². The predicted molar refractivity (Wildman–Crippen MR) is 85.6 cm³/mol. The van der Waals surface area contributed by atoms with Crippen molar-refractivity contribution in [3.05, 3.63) is 28.4 Å². The molecule has 6 heteroatoms. The molecule has 0 aliphatic heterocycles. The Morgan fingerprint density at radius 1 is 1.40 bits per heavy atom. The minimum atomic E-state index is 0.702. The number of hydrogen-bond acceptors (Lipinski definition) is 4. The van der Waals surface area contributed by atoms with Gasteiger partial charge in [0.1, 0.15) is 5.75 Å². The van der Waals surface area contributed by atoms with Crippen LogP contribution in [0.3, 0.4) is 0 Å². The Labute approximate surface area is 127 Å². The number of anilines is 3. The molecular formula is C14H19BrN4O. The number of rotatable bonds is 5. The molecule has 0 unspecified atom stereocenters. The number of methoxy groups -OCH3 is 1. The molecule has 0 radical (unpaired) electrons. The smallest absolute Gasteiger partial charge is 0.152 e. The molecule has 108 valence electrons. The molecule has 1 aromatic heterocycles. The second kappa shape index (κ2) is 6.17. The van der Waals surface area contributed by atoms with E-state index in [2.05, 4.69) is 33.3 Å². The topological polar surface area (TPSA) is 65.1 Å². The minimum Gasteiger partial charge on any atom is -0.497 e. The van der Waals surface area contributed by atoms with Gasteiger partial charge in [0.2, 0.25) is 0 Å². The lowest BCUT2D eigenvalue weighted by Crippen LogP contribution is -2.01. The number of aromatic nitrogens is 2. The summed E-state index contributed by atoms with van der Waals surface area (Å²) in [5, 5.41) is 7.75. The highest BCUT2D eigenvalue weighted by Crippen LogP contribution is 2.30. The molecule has 0 fully saturated rings. The number of ether oxygens (including phenoxy) is 1. The van der Waals surface area contributed by atoms with Crippen LogP contribution in [0.4, 0.5) is 17.2 Å². The van der Waals surface area contributed by atoms with Crippen LogP contribution >= 0.6 is 15.9 Å². The molecule has 3 N–H and O–H groups in total. The number of benzene rings is 1. The van der Waals surface area contributed by atoms with Crippen molar-refractivity contribution in [1.82, 2.24) is 9.78 Å². The van der Waals surface area contributed by atoms with E-state index >= 15 is 0 Å². The van der Waals surface area contributed by atoms with Crippen molar-refractivity contribution in [2.24, 2.45) is 7.05 Å². The number of nitrogens with zero attached hydrogens (tertiary/aromatic N) is 2. The molecule has 0 amide bonds.